The van der Waals surface area contributed by atoms with Crippen LogP contribution in [0.3, 0.4) is 0 Å². The van der Waals surface area contributed by atoms with Gasteiger partial charge in [-0.25, -0.2) is 9.50 Å². The van der Waals surface area contributed by atoms with Gasteiger partial charge in [-0.15, -0.1) is 5.10 Å². The van der Waals surface area contributed by atoms with Crippen LogP contribution in [0.2, 0.25) is 0 Å². The lowest BCUT2D eigenvalue weighted by Crippen LogP contribution is -2.18. The zero-order valence-electron chi connectivity index (χ0n) is 16.9. The molecule has 0 spiro atoms. The minimum absolute atomic E-state index is 0.0862. The van der Waals surface area contributed by atoms with Crippen LogP contribution in [0.1, 0.15) is 28.1 Å². The van der Waals surface area contributed by atoms with Gasteiger partial charge in [0.25, 0.3) is 5.78 Å². The topological polar surface area (TPSA) is 85.1 Å². The van der Waals surface area contributed by atoms with Crippen LogP contribution in [-0.4, -0.2) is 30.5 Å². The molecule has 7 heteroatoms. The van der Waals surface area contributed by atoms with Gasteiger partial charge in [-0.1, -0.05) is 17.7 Å². The van der Waals surface area contributed by atoms with Crippen molar-refractivity contribution in [3.63, 3.8) is 0 Å². The van der Waals surface area contributed by atoms with E-state index in [0.29, 0.717) is 11.6 Å². The average molecular weight is 386 g/mol. The summed E-state index contributed by atoms with van der Waals surface area (Å²) in [5, 5.41) is 7.57. The summed E-state index contributed by atoms with van der Waals surface area (Å²) in [5.74, 6) is 0.985. The first kappa shape index (κ1) is 18.7. The molecule has 0 saturated carbocycles. The molecule has 0 aliphatic carbocycles. The van der Waals surface area contributed by atoms with Gasteiger partial charge in [-0.05, 0) is 51.5 Å². The summed E-state index contributed by atoms with van der Waals surface area (Å²) in [6.07, 6.45) is 3.64. The maximum absolute atomic E-state index is 12.7. The van der Waals surface area contributed by atoms with Gasteiger partial charge in [0.1, 0.15) is 0 Å². The first-order valence-electron chi connectivity index (χ1n) is 9.42. The van der Waals surface area contributed by atoms with Crippen molar-refractivity contribution in [3.05, 3.63) is 70.8 Å². The van der Waals surface area contributed by atoms with Gasteiger partial charge in [-0.2, -0.15) is 4.98 Å². The number of rotatable bonds is 4. The van der Waals surface area contributed by atoms with E-state index in [-0.39, 0.29) is 12.3 Å². The summed E-state index contributed by atoms with van der Waals surface area (Å²) >= 11 is 0. The van der Waals surface area contributed by atoms with Crippen molar-refractivity contribution in [2.75, 3.05) is 5.32 Å². The maximum atomic E-state index is 12.7. The lowest BCUT2D eigenvalue weighted by Gasteiger charge is -2.12. The Balaban J connectivity index is 1.64. The Labute approximate surface area is 168 Å². The minimum atomic E-state index is -0.0862. The number of carbonyl (C=O) groups is 1. The first-order valence-corrected chi connectivity index (χ1v) is 9.42. The summed E-state index contributed by atoms with van der Waals surface area (Å²) in [7, 11) is 0. The molecule has 1 amide bonds. The van der Waals surface area contributed by atoms with Crippen molar-refractivity contribution in [2.24, 2.45) is 0 Å². The van der Waals surface area contributed by atoms with E-state index in [1.54, 1.807) is 16.9 Å². The van der Waals surface area contributed by atoms with Crippen molar-refractivity contribution >= 4 is 17.4 Å². The molecule has 1 N–H and O–H groups in total. The molecular weight excluding hydrogens is 364 g/mol. The van der Waals surface area contributed by atoms with Crippen molar-refractivity contribution in [2.45, 2.75) is 34.1 Å². The predicted molar refractivity (Wildman–Crippen MR) is 112 cm³/mol. The van der Waals surface area contributed by atoms with Crippen molar-refractivity contribution in [3.8, 4) is 11.4 Å². The Kier molecular flexibility index (Phi) is 4.80. The summed E-state index contributed by atoms with van der Waals surface area (Å²) < 4.78 is 1.69. The number of nitrogens with zero attached hydrogens (tertiary/aromatic N) is 5. The second-order valence-electron chi connectivity index (χ2n) is 7.19. The van der Waals surface area contributed by atoms with Crippen molar-refractivity contribution < 1.29 is 4.79 Å². The largest absolute Gasteiger partial charge is 0.326 e. The van der Waals surface area contributed by atoms with Crippen LogP contribution in [-0.2, 0) is 11.2 Å². The summed E-state index contributed by atoms with van der Waals surface area (Å²) in [5.41, 5.74) is 6.33. The van der Waals surface area contributed by atoms with Gasteiger partial charge >= 0.3 is 0 Å². The van der Waals surface area contributed by atoms with Crippen molar-refractivity contribution in [1.29, 1.82) is 0 Å². The number of anilines is 1. The number of pyridine rings is 1. The van der Waals surface area contributed by atoms with E-state index in [9.17, 15) is 4.79 Å². The van der Waals surface area contributed by atoms with Gasteiger partial charge in [0, 0.05) is 40.6 Å². The lowest BCUT2D eigenvalue weighted by atomic mass is 10.1. The molecule has 3 aromatic heterocycles. The fourth-order valence-electron chi connectivity index (χ4n) is 3.39. The summed E-state index contributed by atoms with van der Waals surface area (Å²) in [4.78, 5) is 25.9. The molecule has 146 valence electrons. The number of benzene rings is 1. The van der Waals surface area contributed by atoms with Crippen LogP contribution in [0, 0.1) is 27.7 Å². The number of carbonyl (C=O) groups excluding carboxylic acids is 1. The van der Waals surface area contributed by atoms with Crippen LogP contribution in [0.25, 0.3) is 17.2 Å². The fraction of sp³-hybridized carbons (Fsp3) is 0.227. The molecule has 0 saturated heterocycles. The zero-order chi connectivity index (χ0) is 20.5. The van der Waals surface area contributed by atoms with Gasteiger partial charge < -0.3 is 5.32 Å². The average Bonchev–Trinajstić information content (AvgIpc) is 3.12. The molecule has 0 radical (unpaired) electrons. The highest BCUT2D eigenvalue weighted by molar-refractivity contribution is 5.93. The fourth-order valence-corrected chi connectivity index (χ4v) is 3.39. The monoisotopic (exact) mass is 386 g/mol. The molecule has 29 heavy (non-hydrogen) atoms. The molecule has 4 aromatic rings. The molecule has 7 nitrogen and oxygen atoms in total. The van der Waals surface area contributed by atoms with Crippen LogP contribution in [0.4, 0.5) is 5.69 Å². The van der Waals surface area contributed by atoms with E-state index in [4.69, 9.17) is 0 Å². The van der Waals surface area contributed by atoms with Crippen LogP contribution >= 0.6 is 0 Å². The Morgan fingerprint density at radius 1 is 1.10 bits per heavy atom. The normalized spacial score (nSPS) is 11.0. The second kappa shape index (κ2) is 7.43. The Morgan fingerprint density at radius 3 is 2.66 bits per heavy atom. The third kappa shape index (κ3) is 3.71. The Bertz CT molecular complexity index is 1210. The van der Waals surface area contributed by atoms with Gasteiger partial charge in [0.2, 0.25) is 5.91 Å². The summed E-state index contributed by atoms with van der Waals surface area (Å²) in [6.45, 7) is 7.85. The number of hydrogen-bond donors (Lipinski definition) is 1. The number of fused-ring (bicyclic) bond motifs is 1. The molecule has 3 heterocycles. The Hall–Kier alpha value is -3.61. The highest BCUT2D eigenvalue weighted by Gasteiger charge is 2.17. The van der Waals surface area contributed by atoms with E-state index < -0.39 is 0 Å². The molecule has 0 unspecified atom stereocenters. The predicted octanol–water partition coefficient (Wildman–Crippen LogP) is 3.60. The zero-order valence-corrected chi connectivity index (χ0v) is 16.9. The molecule has 1 aromatic carbocycles. The highest BCUT2D eigenvalue weighted by atomic mass is 16.1. The number of amides is 1. The number of aromatic nitrogens is 5. The molecule has 0 bridgehead atoms. The third-order valence-electron chi connectivity index (χ3n) is 4.96. The number of aryl methyl sites for hydroxylation is 4. The lowest BCUT2D eigenvalue weighted by molar-refractivity contribution is -0.115. The quantitative estimate of drug-likeness (QED) is 0.579. The van der Waals surface area contributed by atoms with Crippen LogP contribution < -0.4 is 5.32 Å². The highest BCUT2D eigenvalue weighted by Crippen LogP contribution is 2.20. The molecule has 0 fully saturated rings. The van der Waals surface area contributed by atoms with Gasteiger partial charge in [-0.3, -0.25) is 9.78 Å². The first-order chi connectivity index (χ1) is 13.9. The van der Waals surface area contributed by atoms with Crippen LogP contribution in [0.15, 0.2) is 42.7 Å². The van der Waals surface area contributed by atoms with E-state index in [1.807, 2.05) is 52.0 Å². The standard InChI is InChI=1S/C22H22N6O/c1-13-7-8-19(14(2)10-13)25-20(29)11-18-15(3)24-22-26-21(27-28(22)16(18)4)17-6-5-9-23-12-17/h5-10,12H,11H2,1-4H3,(H,25,29). The SMILES string of the molecule is Cc1ccc(NC(=O)Cc2c(C)nc3nc(-c4cccnc4)nn3c2C)c(C)c1. The second-order valence-corrected chi connectivity index (χ2v) is 7.19. The molecule has 0 aliphatic rings. The summed E-state index contributed by atoms with van der Waals surface area (Å²) in [6, 6.07) is 9.72. The van der Waals surface area contributed by atoms with Crippen LogP contribution in [0.5, 0.6) is 0 Å². The van der Waals surface area contributed by atoms with E-state index in [1.165, 1.54) is 0 Å². The molecule has 4 rings (SSSR count). The third-order valence-corrected chi connectivity index (χ3v) is 4.96. The van der Waals surface area contributed by atoms with Crippen molar-refractivity contribution in [1.82, 2.24) is 24.6 Å². The minimum Gasteiger partial charge on any atom is -0.326 e. The number of nitrogens with one attached hydrogen (secondary N) is 1. The van der Waals surface area contributed by atoms with E-state index in [2.05, 4.69) is 31.4 Å². The maximum Gasteiger partial charge on any atom is 0.253 e. The smallest absolute Gasteiger partial charge is 0.253 e. The number of hydrogen-bond acceptors (Lipinski definition) is 5. The molecule has 0 atom stereocenters. The molecule has 0 aliphatic heterocycles. The van der Waals surface area contributed by atoms with E-state index in [0.717, 1.165) is 39.3 Å². The van der Waals surface area contributed by atoms with E-state index >= 15 is 0 Å². The van der Waals surface area contributed by atoms with Gasteiger partial charge in [0.05, 0.1) is 6.42 Å². The van der Waals surface area contributed by atoms with Gasteiger partial charge in [0.15, 0.2) is 5.82 Å². The molecular formula is C22H22N6O. The Morgan fingerprint density at radius 2 is 1.93 bits per heavy atom.